The first kappa shape index (κ1) is 46.1. The molecule has 1 aliphatic rings. The molecule has 0 bridgehead atoms. The molecule has 53 heavy (non-hydrogen) atoms. The summed E-state index contributed by atoms with van der Waals surface area (Å²) in [4.78, 5) is 60.9. The van der Waals surface area contributed by atoms with Gasteiger partial charge in [0.2, 0.25) is 23.6 Å². The first-order valence-corrected chi connectivity index (χ1v) is 19.5. The molecule has 0 spiro atoms. The summed E-state index contributed by atoms with van der Waals surface area (Å²) in [5.74, 6) is -1.56. The number of carbonyl (C=O) groups is 4. The first-order valence-electron chi connectivity index (χ1n) is 19.5. The predicted molar refractivity (Wildman–Crippen MR) is 209 cm³/mol. The monoisotopic (exact) mass is 746 g/mol. The average molecular weight is 746 g/mol. The first-order chi connectivity index (χ1) is 24.9. The standard InChI is InChI=1S/C41H71N5O7/c1-14-27(6)36(45(11)41(51)34(25(2)3)43-40(50)35(26(4)5)44(9)10)32(52-12)24-33(47)46-23-19-18-22-31(46)38(53-13)28(7)39(49)42-29(8)37(48)30-20-16-15-17-21-30/h15-17,20-21,25-29,31-32,34-38,48H,14,18-19,22-24H2,1-13H3,(H,42,49)(H,43,50)/t27-,28+,29+,31-,32+,34-,35-,36-,37+,38+/m0/s1. The number of benzene rings is 1. The Labute approximate surface area is 319 Å². The van der Waals surface area contributed by atoms with Crippen molar-refractivity contribution in [1.82, 2.24) is 25.3 Å². The van der Waals surface area contributed by atoms with E-state index in [1.165, 1.54) is 0 Å². The number of likely N-dealkylation sites (N-methyl/N-ethyl adjacent to an activating group) is 2. The molecule has 4 amide bonds. The number of ether oxygens (including phenoxy) is 2. The fraction of sp³-hybridized carbons (Fsp3) is 0.756. The lowest BCUT2D eigenvalue weighted by Gasteiger charge is -2.43. The van der Waals surface area contributed by atoms with Crippen LogP contribution < -0.4 is 10.6 Å². The van der Waals surface area contributed by atoms with Crippen LogP contribution in [0.2, 0.25) is 0 Å². The molecule has 12 heteroatoms. The summed E-state index contributed by atoms with van der Waals surface area (Å²) >= 11 is 0. The van der Waals surface area contributed by atoms with Crippen molar-refractivity contribution in [2.45, 2.75) is 136 Å². The predicted octanol–water partition coefficient (Wildman–Crippen LogP) is 4.26. The van der Waals surface area contributed by atoms with Gasteiger partial charge in [-0.15, -0.1) is 0 Å². The van der Waals surface area contributed by atoms with Crippen LogP contribution in [-0.2, 0) is 28.7 Å². The van der Waals surface area contributed by atoms with Gasteiger partial charge in [-0.2, -0.15) is 0 Å². The zero-order chi connectivity index (χ0) is 40.2. The van der Waals surface area contributed by atoms with E-state index in [4.69, 9.17) is 9.47 Å². The number of aliphatic hydroxyl groups is 1. The van der Waals surface area contributed by atoms with Crippen LogP contribution in [0, 0.1) is 23.7 Å². The highest BCUT2D eigenvalue weighted by atomic mass is 16.5. The van der Waals surface area contributed by atoms with Crippen molar-refractivity contribution in [2.24, 2.45) is 23.7 Å². The Morgan fingerprint density at radius 2 is 1.51 bits per heavy atom. The van der Waals surface area contributed by atoms with Crippen molar-refractivity contribution in [3.8, 4) is 0 Å². The molecular formula is C41H71N5O7. The highest BCUT2D eigenvalue weighted by Crippen LogP contribution is 2.29. The average Bonchev–Trinajstić information content (AvgIpc) is 3.12. The number of aliphatic hydroxyl groups excluding tert-OH is 1. The topological polar surface area (TPSA) is 141 Å². The van der Waals surface area contributed by atoms with Crippen LogP contribution >= 0.6 is 0 Å². The Hall–Kier alpha value is -3.06. The Kier molecular flexibility index (Phi) is 18.9. The lowest BCUT2D eigenvalue weighted by molar-refractivity contribution is -0.150. The molecule has 1 aliphatic heterocycles. The third kappa shape index (κ3) is 12.2. The number of hydrogen-bond acceptors (Lipinski definition) is 8. The molecular weight excluding hydrogens is 674 g/mol. The molecule has 302 valence electrons. The number of carbonyl (C=O) groups excluding carboxylic acids is 4. The Bertz CT molecular complexity index is 1290. The number of amides is 4. The third-order valence-corrected chi connectivity index (χ3v) is 11.2. The van der Waals surface area contributed by atoms with Crippen molar-refractivity contribution >= 4 is 23.6 Å². The maximum absolute atomic E-state index is 14.3. The fourth-order valence-corrected chi connectivity index (χ4v) is 7.95. The van der Waals surface area contributed by atoms with Gasteiger partial charge in [-0.3, -0.25) is 24.1 Å². The normalized spacial score (nSPS) is 20.2. The highest BCUT2D eigenvalue weighted by molar-refractivity contribution is 5.90. The molecule has 10 atom stereocenters. The summed E-state index contributed by atoms with van der Waals surface area (Å²) in [5.41, 5.74) is 0.713. The van der Waals surface area contributed by atoms with Gasteiger partial charge in [-0.25, -0.2) is 0 Å². The van der Waals surface area contributed by atoms with Gasteiger partial charge in [0.1, 0.15) is 6.04 Å². The van der Waals surface area contributed by atoms with E-state index in [9.17, 15) is 24.3 Å². The van der Waals surface area contributed by atoms with E-state index < -0.39 is 48.4 Å². The molecule has 1 aromatic carbocycles. The minimum absolute atomic E-state index is 0.0174. The number of rotatable bonds is 20. The maximum atomic E-state index is 14.3. The lowest BCUT2D eigenvalue weighted by atomic mass is 9.87. The molecule has 1 saturated heterocycles. The van der Waals surface area contributed by atoms with E-state index in [0.717, 1.165) is 19.3 Å². The minimum atomic E-state index is -0.877. The van der Waals surface area contributed by atoms with Crippen LogP contribution in [0.5, 0.6) is 0 Å². The van der Waals surface area contributed by atoms with Crippen molar-refractivity contribution in [3.05, 3.63) is 35.9 Å². The largest absolute Gasteiger partial charge is 0.386 e. The Morgan fingerprint density at radius 3 is 2.02 bits per heavy atom. The van der Waals surface area contributed by atoms with Gasteiger partial charge in [0.25, 0.3) is 0 Å². The quantitative estimate of drug-likeness (QED) is 0.180. The molecule has 1 fully saturated rings. The van der Waals surface area contributed by atoms with Crippen LogP contribution in [0.1, 0.15) is 99.2 Å². The molecule has 3 N–H and O–H groups in total. The van der Waals surface area contributed by atoms with Gasteiger partial charge >= 0.3 is 0 Å². The zero-order valence-electron chi connectivity index (χ0n) is 34.8. The molecule has 0 aliphatic carbocycles. The number of nitrogens with one attached hydrogen (secondary N) is 2. The molecule has 1 heterocycles. The number of piperidine rings is 1. The Balaban J connectivity index is 2.29. The summed E-state index contributed by atoms with van der Waals surface area (Å²) in [6, 6.07) is 6.72. The number of methoxy groups -OCH3 is 2. The second-order valence-electron chi connectivity index (χ2n) is 16.0. The molecule has 0 saturated carbocycles. The number of likely N-dealkylation sites (tertiary alicyclic amines) is 1. The molecule has 1 aromatic rings. The molecule has 0 aromatic heterocycles. The van der Waals surface area contributed by atoms with Gasteiger partial charge < -0.3 is 35.0 Å². The number of nitrogens with zero attached hydrogens (tertiary/aromatic N) is 3. The van der Waals surface area contributed by atoms with Crippen molar-refractivity contribution in [3.63, 3.8) is 0 Å². The zero-order valence-corrected chi connectivity index (χ0v) is 34.8. The smallest absolute Gasteiger partial charge is 0.245 e. The summed E-state index contributed by atoms with van der Waals surface area (Å²) < 4.78 is 12.0. The lowest BCUT2D eigenvalue weighted by Crippen LogP contribution is -2.60. The fourth-order valence-electron chi connectivity index (χ4n) is 7.95. The van der Waals surface area contributed by atoms with Crippen LogP contribution in [0.15, 0.2) is 30.3 Å². The Morgan fingerprint density at radius 1 is 0.887 bits per heavy atom. The van der Waals surface area contributed by atoms with Crippen molar-refractivity contribution < 1.29 is 33.8 Å². The summed E-state index contributed by atoms with van der Waals surface area (Å²) in [7, 11) is 8.59. The van der Waals surface area contributed by atoms with E-state index in [-0.39, 0.29) is 53.8 Å². The van der Waals surface area contributed by atoms with Gasteiger partial charge in [-0.05, 0) is 63.6 Å². The van der Waals surface area contributed by atoms with E-state index in [1.54, 1.807) is 40.0 Å². The second-order valence-corrected chi connectivity index (χ2v) is 16.0. The van der Waals surface area contributed by atoms with Crippen LogP contribution in [0.3, 0.4) is 0 Å². The number of hydrogen-bond donors (Lipinski definition) is 3. The molecule has 0 unspecified atom stereocenters. The molecule has 2 rings (SSSR count). The van der Waals surface area contributed by atoms with Crippen LogP contribution in [0.25, 0.3) is 0 Å². The minimum Gasteiger partial charge on any atom is -0.386 e. The summed E-state index contributed by atoms with van der Waals surface area (Å²) in [6.07, 6.45) is 1.09. The van der Waals surface area contributed by atoms with E-state index >= 15 is 0 Å². The summed E-state index contributed by atoms with van der Waals surface area (Å²) in [6.45, 7) is 16.0. The van der Waals surface area contributed by atoms with Crippen molar-refractivity contribution in [1.29, 1.82) is 0 Å². The van der Waals surface area contributed by atoms with Gasteiger partial charge in [0.05, 0.1) is 54.8 Å². The van der Waals surface area contributed by atoms with Crippen molar-refractivity contribution in [2.75, 3.05) is 41.9 Å². The van der Waals surface area contributed by atoms with Gasteiger partial charge in [-0.1, -0.05) is 85.2 Å². The third-order valence-electron chi connectivity index (χ3n) is 11.2. The second kappa shape index (κ2) is 21.7. The highest BCUT2D eigenvalue weighted by Gasteiger charge is 2.42. The molecule has 12 nitrogen and oxygen atoms in total. The molecule has 0 radical (unpaired) electrons. The van der Waals surface area contributed by atoms with Crippen LogP contribution in [0.4, 0.5) is 0 Å². The van der Waals surface area contributed by atoms with Crippen LogP contribution in [-0.4, -0.2) is 128 Å². The SMILES string of the molecule is CC[C@H](C)[C@@H]([C@@H](CC(=O)N1CCCC[C@H]1[C@H](OC)[C@@H](C)C(=O)N[C@H](C)[C@@H](O)c1ccccc1)OC)N(C)C(=O)[C@@H](NC(=O)[C@H](C(C)C)N(C)C)C(C)C. The maximum Gasteiger partial charge on any atom is 0.245 e. The van der Waals surface area contributed by atoms with Gasteiger partial charge in [0, 0.05) is 27.8 Å². The van der Waals surface area contributed by atoms with E-state index in [0.29, 0.717) is 18.5 Å². The summed E-state index contributed by atoms with van der Waals surface area (Å²) in [5, 5.41) is 16.9. The van der Waals surface area contributed by atoms with E-state index in [2.05, 4.69) is 17.6 Å². The van der Waals surface area contributed by atoms with Gasteiger partial charge in [0.15, 0.2) is 0 Å². The van der Waals surface area contributed by atoms with E-state index in [1.807, 2.05) is 88.8 Å².